The summed E-state index contributed by atoms with van der Waals surface area (Å²) in [5.41, 5.74) is 0.920. The fraction of sp³-hybridized carbons (Fsp3) is 0.500. The molecule has 0 bridgehead atoms. The molecule has 0 saturated heterocycles. The van der Waals surface area contributed by atoms with Crippen LogP contribution in [0, 0.1) is 0 Å². The number of anilines is 1. The standard InChI is InChI=1S/C12H15F3N2O2S/c13-12(14,15)20(18,19)11-5-3-10(4-6-11)17(8-7-16)9-1-2-9/h3-6,9H,1-2,7-8,16H2. The predicted octanol–water partition coefficient (Wildman–Crippen LogP) is 1.91. The first-order valence-electron chi connectivity index (χ1n) is 6.15. The minimum absolute atomic E-state index is 0.351. The van der Waals surface area contributed by atoms with Gasteiger partial charge in [0.05, 0.1) is 4.90 Å². The predicted molar refractivity (Wildman–Crippen MR) is 69.1 cm³/mol. The average Bonchev–Trinajstić information content (AvgIpc) is 3.19. The van der Waals surface area contributed by atoms with E-state index in [0.717, 1.165) is 25.0 Å². The van der Waals surface area contributed by atoms with Crippen molar-refractivity contribution in [1.29, 1.82) is 0 Å². The molecular weight excluding hydrogens is 293 g/mol. The molecule has 4 nitrogen and oxygen atoms in total. The normalized spacial score (nSPS) is 16.2. The van der Waals surface area contributed by atoms with Crippen LogP contribution < -0.4 is 10.6 Å². The highest BCUT2D eigenvalue weighted by molar-refractivity contribution is 7.92. The van der Waals surface area contributed by atoms with Crippen molar-refractivity contribution in [1.82, 2.24) is 0 Å². The summed E-state index contributed by atoms with van der Waals surface area (Å²) in [6.07, 6.45) is 2.03. The minimum Gasteiger partial charge on any atom is -0.367 e. The van der Waals surface area contributed by atoms with Crippen LogP contribution in [0.3, 0.4) is 0 Å². The van der Waals surface area contributed by atoms with E-state index in [2.05, 4.69) is 0 Å². The number of sulfone groups is 1. The van der Waals surface area contributed by atoms with Gasteiger partial charge in [-0.25, -0.2) is 8.42 Å². The molecule has 0 unspecified atom stereocenters. The lowest BCUT2D eigenvalue weighted by atomic mass is 10.3. The SMILES string of the molecule is NCCN(c1ccc(S(=O)(=O)C(F)(F)F)cc1)C1CC1. The zero-order valence-corrected chi connectivity index (χ0v) is 11.4. The lowest BCUT2D eigenvalue weighted by Gasteiger charge is -2.24. The molecule has 1 aliphatic carbocycles. The summed E-state index contributed by atoms with van der Waals surface area (Å²) in [7, 11) is -5.28. The van der Waals surface area contributed by atoms with Crippen LogP contribution in [0.5, 0.6) is 0 Å². The highest BCUT2D eigenvalue weighted by Crippen LogP contribution is 2.34. The molecule has 1 aromatic rings. The molecule has 0 spiro atoms. The lowest BCUT2D eigenvalue weighted by Crippen LogP contribution is -2.31. The van der Waals surface area contributed by atoms with Gasteiger partial charge >= 0.3 is 5.51 Å². The molecule has 0 atom stereocenters. The fourth-order valence-corrected chi connectivity index (χ4v) is 2.76. The van der Waals surface area contributed by atoms with E-state index in [1.807, 2.05) is 4.90 Å². The number of hydrogen-bond donors (Lipinski definition) is 1. The highest BCUT2D eigenvalue weighted by Gasteiger charge is 2.46. The molecule has 2 N–H and O–H groups in total. The second kappa shape index (κ2) is 5.25. The van der Waals surface area contributed by atoms with Crippen LogP contribution in [-0.2, 0) is 9.84 Å². The molecule has 20 heavy (non-hydrogen) atoms. The van der Waals surface area contributed by atoms with Gasteiger partial charge in [-0.1, -0.05) is 0 Å². The van der Waals surface area contributed by atoms with E-state index in [4.69, 9.17) is 5.73 Å². The van der Waals surface area contributed by atoms with Crippen LogP contribution in [0.15, 0.2) is 29.2 Å². The third kappa shape index (κ3) is 2.90. The number of benzene rings is 1. The van der Waals surface area contributed by atoms with Crippen LogP contribution in [0.4, 0.5) is 18.9 Å². The Morgan fingerprint density at radius 2 is 1.75 bits per heavy atom. The molecule has 1 saturated carbocycles. The Morgan fingerprint density at radius 3 is 2.15 bits per heavy atom. The summed E-state index contributed by atoms with van der Waals surface area (Å²) in [4.78, 5) is 1.25. The largest absolute Gasteiger partial charge is 0.501 e. The minimum atomic E-state index is -5.28. The van der Waals surface area contributed by atoms with Crippen molar-refractivity contribution < 1.29 is 21.6 Å². The second-order valence-corrected chi connectivity index (χ2v) is 6.60. The maximum Gasteiger partial charge on any atom is 0.501 e. The van der Waals surface area contributed by atoms with Crippen molar-refractivity contribution in [3.63, 3.8) is 0 Å². The van der Waals surface area contributed by atoms with Crippen molar-refractivity contribution in [3.05, 3.63) is 24.3 Å². The molecule has 112 valence electrons. The molecule has 0 amide bonds. The van der Waals surface area contributed by atoms with Gasteiger partial charge in [-0.15, -0.1) is 0 Å². The third-order valence-corrected chi connectivity index (χ3v) is 4.64. The van der Waals surface area contributed by atoms with Gasteiger partial charge in [-0.2, -0.15) is 13.2 Å². The van der Waals surface area contributed by atoms with Crippen LogP contribution in [-0.4, -0.2) is 33.1 Å². The zero-order valence-electron chi connectivity index (χ0n) is 10.6. The highest BCUT2D eigenvalue weighted by atomic mass is 32.2. The van der Waals surface area contributed by atoms with Gasteiger partial charge in [0.1, 0.15) is 0 Å². The zero-order chi connectivity index (χ0) is 15.0. The van der Waals surface area contributed by atoms with Crippen molar-refractivity contribution >= 4 is 15.5 Å². The van der Waals surface area contributed by atoms with Gasteiger partial charge in [0.2, 0.25) is 0 Å². The topological polar surface area (TPSA) is 63.4 Å². The van der Waals surface area contributed by atoms with Gasteiger partial charge in [-0.05, 0) is 37.1 Å². The third-order valence-electron chi connectivity index (χ3n) is 3.14. The van der Waals surface area contributed by atoms with E-state index in [9.17, 15) is 21.6 Å². The molecule has 0 aromatic heterocycles. The van der Waals surface area contributed by atoms with Gasteiger partial charge in [-0.3, -0.25) is 0 Å². The van der Waals surface area contributed by atoms with Crippen LogP contribution in [0.2, 0.25) is 0 Å². The van der Waals surface area contributed by atoms with Crippen molar-refractivity contribution in [2.75, 3.05) is 18.0 Å². The molecule has 2 rings (SSSR count). The summed E-state index contributed by atoms with van der Waals surface area (Å²) in [6.45, 7) is 1.02. The van der Waals surface area contributed by atoms with E-state index in [1.165, 1.54) is 12.1 Å². The Kier molecular flexibility index (Phi) is 3.97. The Bertz CT molecular complexity index is 565. The van der Waals surface area contributed by atoms with Crippen molar-refractivity contribution in [2.45, 2.75) is 29.3 Å². The number of rotatable bonds is 5. The molecule has 0 aliphatic heterocycles. The van der Waals surface area contributed by atoms with Crippen molar-refractivity contribution in [3.8, 4) is 0 Å². The molecule has 1 aliphatic rings. The Hall–Kier alpha value is -1.28. The van der Waals surface area contributed by atoms with Gasteiger partial charge in [0, 0.05) is 24.8 Å². The van der Waals surface area contributed by atoms with E-state index in [-0.39, 0.29) is 0 Å². The smallest absolute Gasteiger partial charge is 0.367 e. The summed E-state index contributed by atoms with van der Waals surface area (Å²) in [5, 5.41) is 0. The molecular formula is C12H15F3N2O2S. The Morgan fingerprint density at radius 1 is 1.20 bits per heavy atom. The van der Waals surface area contributed by atoms with Gasteiger partial charge in [0.25, 0.3) is 9.84 Å². The number of nitrogens with zero attached hydrogens (tertiary/aromatic N) is 1. The Labute approximate surface area is 115 Å². The average molecular weight is 308 g/mol. The quantitative estimate of drug-likeness (QED) is 0.902. The number of alkyl halides is 3. The maximum atomic E-state index is 12.4. The van der Waals surface area contributed by atoms with Gasteiger partial charge < -0.3 is 10.6 Å². The number of hydrogen-bond acceptors (Lipinski definition) is 4. The second-order valence-electron chi connectivity index (χ2n) is 4.66. The first-order valence-corrected chi connectivity index (χ1v) is 7.64. The summed E-state index contributed by atoms with van der Waals surface area (Å²) in [5.74, 6) is 0. The van der Waals surface area contributed by atoms with Crippen LogP contribution in [0.25, 0.3) is 0 Å². The van der Waals surface area contributed by atoms with Crippen LogP contribution >= 0.6 is 0 Å². The monoisotopic (exact) mass is 308 g/mol. The Balaban J connectivity index is 2.26. The molecule has 1 aromatic carbocycles. The number of nitrogens with two attached hydrogens (primary N) is 1. The molecule has 0 heterocycles. The summed E-state index contributed by atoms with van der Waals surface area (Å²) < 4.78 is 59.8. The summed E-state index contributed by atoms with van der Waals surface area (Å²) >= 11 is 0. The summed E-state index contributed by atoms with van der Waals surface area (Å²) in [6, 6.07) is 5.12. The van der Waals surface area contributed by atoms with E-state index in [1.54, 1.807) is 0 Å². The molecule has 8 heteroatoms. The fourth-order valence-electron chi connectivity index (χ4n) is 2.00. The van der Waals surface area contributed by atoms with Crippen LogP contribution in [0.1, 0.15) is 12.8 Å². The molecule has 0 radical (unpaired) electrons. The first kappa shape index (κ1) is 15.1. The van der Waals surface area contributed by atoms with E-state index >= 15 is 0 Å². The van der Waals surface area contributed by atoms with E-state index < -0.39 is 20.2 Å². The molecule has 1 fully saturated rings. The number of halogens is 3. The lowest BCUT2D eigenvalue weighted by molar-refractivity contribution is -0.0436. The van der Waals surface area contributed by atoms with E-state index in [0.29, 0.717) is 24.8 Å². The van der Waals surface area contributed by atoms with Gasteiger partial charge in [0.15, 0.2) is 0 Å². The first-order chi connectivity index (χ1) is 9.27. The maximum absolute atomic E-state index is 12.4. The van der Waals surface area contributed by atoms with Crippen molar-refractivity contribution in [2.24, 2.45) is 5.73 Å².